The summed E-state index contributed by atoms with van der Waals surface area (Å²) in [5.41, 5.74) is 3.16. The fourth-order valence-corrected chi connectivity index (χ4v) is 3.02. The van der Waals surface area contributed by atoms with E-state index in [1.807, 2.05) is 0 Å². The molecular weight excluding hydrogens is 429 g/mol. The Kier molecular flexibility index (Phi) is 5.73. The normalized spacial score (nSPS) is 12.5. The lowest BCUT2D eigenvalue weighted by Crippen LogP contribution is -2.30. The molecule has 0 aliphatic rings. The van der Waals surface area contributed by atoms with E-state index in [2.05, 4.69) is 37.3 Å². The molecule has 0 radical (unpaired) electrons. The second-order valence-electron chi connectivity index (χ2n) is 4.39. The van der Waals surface area contributed by atoms with Gasteiger partial charge in [-0.15, -0.1) is 0 Å². The summed E-state index contributed by atoms with van der Waals surface area (Å²) in [6.45, 7) is 0. The van der Waals surface area contributed by atoms with Crippen LogP contribution in [0.5, 0.6) is 0 Å². The SMILES string of the molecule is NNC(Cc1c(F)ccc(Br)c1F)c1cccc(Br)c1Cl. The van der Waals surface area contributed by atoms with Crippen molar-refractivity contribution in [2.45, 2.75) is 12.5 Å². The third-order valence-electron chi connectivity index (χ3n) is 3.11. The van der Waals surface area contributed by atoms with Gasteiger partial charge in [-0.05, 0) is 62.0 Å². The predicted octanol–water partition coefficient (Wildman–Crippen LogP) is 4.89. The zero-order valence-electron chi connectivity index (χ0n) is 10.6. The molecule has 0 bridgehead atoms. The zero-order chi connectivity index (χ0) is 15.6. The molecular formula is C14H11Br2ClF2N2. The first-order chi connectivity index (χ1) is 9.95. The van der Waals surface area contributed by atoms with Crippen molar-refractivity contribution < 1.29 is 8.78 Å². The van der Waals surface area contributed by atoms with Crippen LogP contribution in [0.15, 0.2) is 39.3 Å². The van der Waals surface area contributed by atoms with E-state index in [0.717, 1.165) is 0 Å². The molecule has 0 amide bonds. The van der Waals surface area contributed by atoms with Gasteiger partial charge in [0.15, 0.2) is 0 Å². The number of nitrogens with one attached hydrogen (secondary N) is 1. The third-order valence-corrected chi connectivity index (χ3v) is 5.03. The van der Waals surface area contributed by atoms with E-state index in [-0.39, 0.29) is 16.5 Å². The van der Waals surface area contributed by atoms with Crippen LogP contribution >= 0.6 is 43.5 Å². The Labute approximate surface area is 142 Å². The summed E-state index contributed by atoms with van der Waals surface area (Å²) in [5, 5.41) is 0.455. The van der Waals surface area contributed by atoms with Gasteiger partial charge >= 0.3 is 0 Å². The average molecular weight is 441 g/mol. The number of benzene rings is 2. The topological polar surface area (TPSA) is 38.0 Å². The van der Waals surface area contributed by atoms with Crippen LogP contribution in [0.25, 0.3) is 0 Å². The van der Waals surface area contributed by atoms with Gasteiger partial charge in [0.2, 0.25) is 0 Å². The van der Waals surface area contributed by atoms with Crippen LogP contribution in [-0.4, -0.2) is 0 Å². The number of nitrogens with two attached hydrogens (primary N) is 1. The van der Waals surface area contributed by atoms with E-state index in [9.17, 15) is 8.78 Å². The number of hydrogen-bond donors (Lipinski definition) is 2. The lowest BCUT2D eigenvalue weighted by atomic mass is 9.98. The van der Waals surface area contributed by atoms with Crippen molar-refractivity contribution in [2.24, 2.45) is 5.84 Å². The highest BCUT2D eigenvalue weighted by Crippen LogP contribution is 2.33. The standard InChI is InChI=1S/C14H11Br2ClF2N2/c15-9-3-1-2-7(13(9)17)12(21-20)6-8-11(18)5-4-10(16)14(8)19/h1-5,12,21H,6,20H2. The molecule has 0 spiro atoms. The molecule has 2 aromatic carbocycles. The number of hydrogen-bond acceptors (Lipinski definition) is 2. The highest BCUT2D eigenvalue weighted by atomic mass is 79.9. The van der Waals surface area contributed by atoms with Crippen molar-refractivity contribution in [2.75, 3.05) is 0 Å². The lowest BCUT2D eigenvalue weighted by molar-refractivity contribution is 0.498. The van der Waals surface area contributed by atoms with Crippen LogP contribution in [0, 0.1) is 11.6 Å². The zero-order valence-corrected chi connectivity index (χ0v) is 14.6. The summed E-state index contributed by atoms with van der Waals surface area (Å²) in [4.78, 5) is 0. The Morgan fingerprint density at radius 1 is 1.14 bits per heavy atom. The molecule has 0 heterocycles. The molecule has 7 heteroatoms. The molecule has 0 fully saturated rings. The summed E-state index contributed by atoms with van der Waals surface area (Å²) in [5.74, 6) is 4.27. The van der Waals surface area contributed by atoms with Crippen molar-refractivity contribution in [3.63, 3.8) is 0 Å². The minimum absolute atomic E-state index is 0.0315. The smallest absolute Gasteiger partial charge is 0.143 e. The van der Waals surface area contributed by atoms with Gasteiger partial charge in [-0.2, -0.15) is 0 Å². The first kappa shape index (κ1) is 16.8. The molecule has 112 valence electrons. The van der Waals surface area contributed by atoms with E-state index in [4.69, 9.17) is 17.4 Å². The minimum atomic E-state index is -0.638. The second kappa shape index (κ2) is 7.15. The molecule has 0 aliphatic heterocycles. The third kappa shape index (κ3) is 3.63. The maximum atomic E-state index is 14.1. The highest BCUT2D eigenvalue weighted by molar-refractivity contribution is 9.10. The molecule has 0 aliphatic carbocycles. The summed E-state index contributed by atoms with van der Waals surface area (Å²) >= 11 is 12.6. The van der Waals surface area contributed by atoms with Crippen molar-refractivity contribution in [3.8, 4) is 0 Å². The summed E-state index contributed by atoms with van der Waals surface area (Å²) in [6.07, 6.45) is 0.0315. The fourth-order valence-electron chi connectivity index (χ4n) is 2.01. The van der Waals surface area contributed by atoms with Gasteiger partial charge in [0.25, 0.3) is 0 Å². The van der Waals surface area contributed by atoms with Gasteiger partial charge in [-0.3, -0.25) is 11.3 Å². The molecule has 1 unspecified atom stereocenters. The van der Waals surface area contributed by atoms with Crippen molar-refractivity contribution in [1.29, 1.82) is 0 Å². The summed E-state index contributed by atoms with van der Waals surface area (Å²) in [7, 11) is 0. The molecule has 0 aromatic heterocycles. The molecule has 21 heavy (non-hydrogen) atoms. The molecule has 2 rings (SSSR count). The Hall–Kier alpha value is -0.530. The maximum absolute atomic E-state index is 14.1. The van der Waals surface area contributed by atoms with Crippen molar-refractivity contribution in [1.82, 2.24) is 5.43 Å². The van der Waals surface area contributed by atoms with Crippen molar-refractivity contribution >= 4 is 43.5 Å². The first-order valence-electron chi connectivity index (χ1n) is 5.98. The monoisotopic (exact) mass is 438 g/mol. The van der Waals surface area contributed by atoms with Crippen LogP contribution in [0.1, 0.15) is 17.2 Å². The Bertz CT molecular complexity index is 668. The van der Waals surface area contributed by atoms with E-state index in [1.54, 1.807) is 18.2 Å². The van der Waals surface area contributed by atoms with Crippen molar-refractivity contribution in [3.05, 3.63) is 67.1 Å². The average Bonchev–Trinajstić information content (AvgIpc) is 2.47. The lowest BCUT2D eigenvalue weighted by Gasteiger charge is -2.19. The van der Waals surface area contributed by atoms with Gasteiger partial charge in [0, 0.05) is 10.0 Å². The van der Waals surface area contributed by atoms with Crippen LogP contribution in [0.4, 0.5) is 8.78 Å². The first-order valence-corrected chi connectivity index (χ1v) is 7.94. The summed E-state index contributed by atoms with van der Waals surface area (Å²) < 4.78 is 28.8. The van der Waals surface area contributed by atoms with E-state index in [0.29, 0.717) is 15.1 Å². The van der Waals surface area contributed by atoms with Gasteiger partial charge in [-0.25, -0.2) is 8.78 Å². The van der Waals surface area contributed by atoms with Crippen LogP contribution in [0.2, 0.25) is 5.02 Å². The maximum Gasteiger partial charge on any atom is 0.143 e. The molecule has 1 atom stereocenters. The molecule has 3 N–H and O–H groups in total. The largest absolute Gasteiger partial charge is 0.271 e. The van der Waals surface area contributed by atoms with Gasteiger partial charge in [0.1, 0.15) is 11.6 Å². The van der Waals surface area contributed by atoms with E-state index in [1.165, 1.54) is 12.1 Å². The quantitative estimate of drug-likeness (QED) is 0.404. The second-order valence-corrected chi connectivity index (χ2v) is 6.47. The molecule has 2 nitrogen and oxygen atoms in total. The Morgan fingerprint density at radius 3 is 2.52 bits per heavy atom. The number of hydrazine groups is 1. The van der Waals surface area contributed by atoms with Gasteiger partial charge in [-0.1, -0.05) is 23.7 Å². The highest BCUT2D eigenvalue weighted by Gasteiger charge is 2.20. The van der Waals surface area contributed by atoms with Crippen LogP contribution < -0.4 is 11.3 Å². The molecule has 2 aromatic rings. The minimum Gasteiger partial charge on any atom is -0.271 e. The number of halogens is 5. The van der Waals surface area contributed by atoms with E-state index < -0.39 is 17.7 Å². The van der Waals surface area contributed by atoms with Crippen LogP contribution in [-0.2, 0) is 6.42 Å². The summed E-state index contributed by atoms with van der Waals surface area (Å²) in [6, 6.07) is 7.33. The fraction of sp³-hybridized carbons (Fsp3) is 0.143. The van der Waals surface area contributed by atoms with E-state index >= 15 is 0 Å². The number of rotatable bonds is 4. The Morgan fingerprint density at radius 2 is 1.86 bits per heavy atom. The molecule has 0 saturated carbocycles. The predicted molar refractivity (Wildman–Crippen MR) is 87.0 cm³/mol. The molecule has 0 saturated heterocycles. The Balaban J connectivity index is 2.41. The van der Waals surface area contributed by atoms with Crippen LogP contribution in [0.3, 0.4) is 0 Å². The van der Waals surface area contributed by atoms with Gasteiger partial charge < -0.3 is 0 Å². The van der Waals surface area contributed by atoms with Gasteiger partial charge in [0.05, 0.1) is 15.5 Å².